The molecule has 0 N–H and O–H groups in total. The molecule has 2 heterocycles. The van der Waals surface area contributed by atoms with Crippen molar-refractivity contribution < 1.29 is 0 Å². The fourth-order valence-corrected chi connectivity index (χ4v) is 4.78. The summed E-state index contributed by atoms with van der Waals surface area (Å²) in [5.41, 5.74) is 0. The molecule has 0 aromatic rings. The topological polar surface area (TPSA) is 6.48 Å². The second-order valence-corrected chi connectivity index (χ2v) is 8.62. The highest BCUT2D eigenvalue weighted by atomic mass is 32.2. The molecule has 0 atom stereocenters. The fraction of sp³-hybridized carbons (Fsp3) is 0.733. The third-order valence-electron chi connectivity index (χ3n) is 3.80. The average Bonchev–Trinajstić information content (AvgIpc) is 2.55. The van der Waals surface area contributed by atoms with Gasteiger partial charge in [-0.05, 0) is 43.9 Å². The normalized spacial score (nSPS) is 20.0. The van der Waals surface area contributed by atoms with Gasteiger partial charge in [0.25, 0.3) is 0 Å². The van der Waals surface area contributed by atoms with Crippen LogP contribution in [0.25, 0.3) is 0 Å². The van der Waals surface area contributed by atoms with Gasteiger partial charge in [-0.15, -0.1) is 0 Å². The molecular weight excluding hydrogens is 336 g/mol. The van der Waals surface area contributed by atoms with E-state index in [4.69, 9.17) is 24.4 Å². The van der Waals surface area contributed by atoms with E-state index in [-0.39, 0.29) is 0 Å². The Morgan fingerprint density at radius 1 is 0.810 bits per heavy atom. The minimum atomic E-state index is 0.949. The van der Waals surface area contributed by atoms with Crippen LogP contribution in [0, 0.1) is 0 Å². The number of hydrogen-bond donors (Lipinski definition) is 0. The Kier molecular flexibility index (Phi) is 8.44. The summed E-state index contributed by atoms with van der Waals surface area (Å²) in [5, 5.41) is 2.13. The van der Waals surface area contributed by atoms with Gasteiger partial charge < -0.3 is 9.80 Å². The molecule has 118 valence electrons. The Labute approximate surface area is 148 Å². The van der Waals surface area contributed by atoms with Gasteiger partial charge in [-0.1, -0.05) is 54.0 Å². The quantitative estimate of drug-likeness (QED) is 0.678. The molecule has 0 amide bonds. The van der Waals surface area contributed by atoms with Gasteiger partial charge in [0.05, 0.1) is 0 Å². The summed E-state index contributed by atoms with van der Waals surface area (Å²) in [6, 6.07) is 0. The largest absolute Gasteiger partial charge is 0.358 e. The van der Waals surface area contributed by atoms with Crippen molar-refractivity contribution in [2.45, 2.75) is 38.5 Å². The average molecular weight is 361 g/mol. The zero-order chi connectivity index (χ0) is 14.9. The minimum Gasteiger partial charge on any atom is -0.358 e. The van der Waals surface area contributed by atoms with E-state index in [0.717, 1.165) is 40.6 Å². The molecule has 2 fully saturated rings. The van der Waals surface area contributed by atoms with Crippen LogP contribution in [0.4, 0.5) is 0 Å². The van der Waals surface area contributed by atoms with Crippen molar-refractivity contribution in [2.24, 2.45) is 0 Å². The van der Waals surface area contributed by atoms with Gasteiger partial charge in [0.15, 0.2) is 0 Å². The van der Waals surface area contributed by atoms with Crippen LogP contribution in [-0.4, -0.2) is 50.4 Å². The molecule has 0 unspecified atom stereocenters. The number of piperidine rings is 2. The molecule has 21 heavy (non-hydrogen) atoms. The third kappa shape index (κ3) is 6.47. The van der Waals surface area contributed by atoms with Gasteiger partial charge in [-0.2, -0.15) is 0 Å². The molecule has 0 spiro atoms. The zero-order valence-electron chi connectivity index (χ0n) is 12.5. The van der Waals surface area contributed by atoms with E-state index in [9.17, 15) is 0 Å². The van der Waals surface area contributed by atoms with E-state index in [1.54, 1.807) is 23.5 Å². The van der Waals surface area contributed by atoms with Gasteiger partial charge in [0.2, 0.25) is 0 Å². The Morgan fingerprint density at radius 3 is 1.90 bits per heavy atom. The number of nitrogens with zero attached hydrogens (tertiary/aromatic N) is 2. The highest BCUT2D eigenvalue weighted by molar-refractivity contribution is 8.25. The van der Waals surface area contributed by atoms with Crippen LogP contribution in [0.15, 0.2) is 11.5 Å². The zero-order valence-corrected chi connectivity index (χ0v) is 15.7. The van der Waals surface area contributed by atoms with Crippen molar-refractivity contribution in [3.05, 3.63) is 11.5 Å². The fourth-order valence-electron chi connectivity index (χ4n) is 2.58. The first-order valence-corrected chi connectivity index (χ1v) is 10.5. The molecule has 6 heteroatoms. The predicted molar refractivity (Wildman–Crippen MR) is 105 cm³/mol. The van der Waals surface area contributed by atoms with E-state index in [1.807, 2.05) is 0 Å². The minimum absolute atomic E-state index is 0.949. The standard InChI is InChI=1S/C15H24N2S4/c18-14(16-8-3-1-4-9-16)20-12-7-13-21-15(19)17-10-5-2-6-11-17/h7,12H,1-6,8-11,13H2/b12-7-. The maximum Gasteiger partial charge on any atom is 0.140 e. The molecule has 2 aliphatic heterocycles. The molecular formula is C15H24N2S4. The Bertz CT molecular complexity index is 372. The monoisotopic (exact) mass is 360 g/mol. The first kappa shape index (κ1) is 17.6. The van der Waals surface area contributed by atoms with Gasteiger partial charge >= 0.3 is 0 Å². The van der Waals surface area contributed by atoms with Crippen molar-refractivity contribution in [1.29, 1.82) is 0 Å². The van der Waals surface area contributed by atoms with Gasteiger partial charge in [-0.3, -0.25) is 0 Å². The van der Waals surface area contributed by atoms with Gasteiger partial charge in [-0.25, -0.2) is 0 Å². The third-order valence-corrected chi connectivity index (χ3v) is 6.61. The van der Waals surface area contributed by atoms with Crippen molar-refractivity contribution in [3.63, 3.8) is 0 Å². The second kappa shape index (κ2) is 10.1. The molecule has 2 nitrogen and oxygen atoms in total. The molecule has 2 rings (SSSR count). The summed E-state index contributed by atoms with van der Waals surface area (Å²) in [5.74, 6) is 0.949. The first-order valence-electron chi connectivity index (χ1n) is 7.79. The summed E-state index contributed by atoms with van der Waals surface area (Å²) in [6.07, 6.45) is 10.0. The highest BCUT2D eigenvalue weighted by Crippen LogP contribution is 2.19. The maximum absolute atomic E-state index is 5.49. The van der Waals surface area contributed by atoms with Crippen molar-refractivity contribution >= 4 is 56.6 Å². The molecule has 0 aromatic heterocycles. The maximum atomic E-state index is 5.49. The summed E-state index contributed by atoms with van der Waals surface area (Å²) in [4.78, 5) is 4.68. The van der Waals surface area contributed by atoms with E-state index in [2.05, 4.69) is 21.3 Å². The van der Waals surface area contributed by atoms with Crippen LogP contribution in [-0.2, 0) is 0 Å². The van der Waals surface area contributed by atoms with Crippen LogP contribution >= 0.6 is 48.0 Å². The number of likely N-dealkylation sites (tertiary alicyclic amines) is 2. The Balaban J connectivity index is 1.59. The van der Waals surface area contributed by atoms with Crippen LogP contribution in [0.3, 0.4) is 0 Å². The number of rotatable bonds is 3. The lowest BCUT2D eigenvalue weighted by Crippen LogP contribution is -2.32. The Hall–Kier alpha value is 0.220. The number of thiocarbonyl (C=S) groups is 2. The number of hydrogen-bond acceptors (Lipinski definition) is 4. The van der Waals surface area contributed by atoms with Gasteiger partial charge in [0.1, 0.15) is 8.64 Å². The Morgan fingerprint density at radius 2 is 1.33 bits per heavy atom. The summed E-state index contributed by atoms with van der Waals surface area (Å²) >= 11 is 14.4. The molecule has 0 saturated carbocycles. The van der Waals surface area contributed by atoms with E-state index >= 15 is 0 Å². The van der Waals surface area contributed by atoms with E-state index in [0.29, 0.717) is 0 Å². The van der Waals surface area contributed by atoms with E-state index in [1.165, 1.54) is 38.5 Å². The van der Waals surface area contributed by atoms with Crippen LogP contribution in [0.5, 0.6) is 0 Å². The van der Waals surface area contributed by atoms with E-state index < -0.39 is 0 Å². The smallest absolute Gasteiger partial charge is 0.140 e. The predicted octanol–water partition coefficient (Wildman–Crippen LogP) is 4.51. The first-order chi connectivity index (χ1) is 10.3. The second-order valence-electron chi connectivity index (χ2n) is 5.43. The molecule has 0 aliphatic carbocycles. The molecule has 0 aromatic carbocycles. The number of thioether (sulfide) groups is 2. The summed E-state index contributed by atoms with van der Waals surface area (Å²) < 4.78 is 2.08. The van der Waals surface area contributed by atoms with Crippen LogP contribution < -0.4 is 0 Å². The highest BCUT2D eigenvalue weighted by Gasteiger charge is 2.13. The van der Waals surface area contributed by atoms with Crippen LogP contribution in [0.2, 0.25) is 0 Å². The summed E-state index contributed by atoms with van der Waals surface area (Å²) in [7, 11) is 0. The molecule has 0 radical (unpaired) electrons. The van der Waals surface area contributed by atoms with Crippen LogP contribution in [0.1, 0.15) is 38.5 Å². The van der Waals surface area contributed by atoms with Crippen molar-refractivity contribution in [1.82, 2.24) is 9.80 Å². The lowest BCUT2D eigenvalue weighted by molar-refractivity contribution is 0.352. The lowest BCUT2D eigenvalue weighted by atomic mass is 10.1. The lowest BCUT2D eigenvalue weighted by Gasteiger charge is -2.28. The van der Waals surface area contributed by atoms with Crippen molar-refractivity contribution in [2.75, 3.05) is 31.9 Å². The summed E-state index contributed by atoms with van der Waals surface area (Å²) in [6.45, 7) is 4.55. The van der Waals surface area contributed by atoms with Crippen molar-refractivity contribution in [3.8, 4) is 0 Å². The van der Waals surface area contributed by atoms with Gasteiger partial charge in [0, 0.05) is 31.9 Å². The molecule has 2 aliphatic rings. The molecule has 0 bridgehead atoms. The SMILES string of the molecule is S=C(S/C=C\CSC(=S)N1CCCCC1)N1CCCCC1. The molecule has 2 saturated heterocycles.